The molecule has 0 spiro atoms. The lowest BCUT2D eigenvalue weighted by Crippen LogP contribution is -2.30. The first kappa shape index (κ1) is 15.9. The van der Waals surface area contributed by atoms with Gasteiger partial charge in [0.05, 0.1) is 6.61 Å². The van der Waals surface area contributed by atoms with Gasteiger partial charge in [0.1, 0.15) is 4.90 Å². The molecule has 0 atom stereocenters. The molecule has 5 nitrogen and oxygen atoms in total. The number of rotatable bonds is 7. The van der Waals surface area contributed by atoms with Gasteiger partial charge in [0.25, 0.3) is 0 Å². The summed E-state index contributed by atoms with van der Waals surface area (Å²) in [6.45, 7) is 9.72. The van der Waals surface area contributed by atoms with E-state index < -0.39 is 10.0 Å². The summed E-state index contributed by atoms with van der Waals surface area (Å²) >= 11 is 0. The molecule has 0 fully saturated rings. The zero-order chi connectivity index (χ0) is 14.6. The Kier molecular flexibility index (Phi) is 5.34. The van der Waals surface area contributed by atoms with Crippen molar-refractivity contribution in [3.8, 4) is 0 Å². The number of nitrogens with zero attached hydrogens (tertiary/aromatic N) is 2. The fourth-order valence-electron chi connectivity index (χ4n) is 1.94. The number of likely N-dealkylation sites (N-methyl/N-ethyl adjacent to an activating group) is 1. The van der Waals surface area contributed by atoms with Crippen molar-refractivity contribution < 1.29 is 13.5 Å². The van der Waals surface area contributed by atoms with Gasteiger partial charge in [-0.25, -0.2) is 8.42 Å². The Morgan fingerprint density at radius 1 is 1.53 bits per heavy atom. The highest BCUT2D eigenvalue weighted by molar-refractivity contribution is 7.89. The van der Waals surface area contributed by atoms with Crippen molar-refractivity contribution in [1.29, 1.82) is 0 Å². The van der Waals surface area contributed by atoms with Crippen LogP contribution >= 0.6 is 0 Å². The van der Waals surface area contributed by atoms with Gasteiger partial charge in [-0.05, 0) is 19.9 Å². The van der Waals surface area contributed by atoms with Crippen LogP contribution in [0, 0.1) is 0 Å². The van der Waals surface area contributed by atoms with Crippen LogP contribution in [0.15, 0.2) is 29.8 Å². The Labute approximate surface area is 115 Å². The van der Waals surface area contributed by atoms with Crippen molar-refractivity contribution in [2.24, 2.45) is 0 Å². The summed E-state index contributed by atoms with van der Waals surface area (Å²) in [5.41, 5.74) is 0.600. The van der Waals surface area contributed by atoms with Gasteiger partial charge in [-0.1, -0.05) is 13.0 Å². The van der Waals surface area contributed by atoms with Crippen molar-refractivity contribution in [3.63, 3.8) is 0 Å². The lowest BCUT2D eigenvalue weighted by Gasteiger charge is -2.17. The van der Waals surface area contributed by atoms with Crippen LogP contribution in [-0.2, 0) is 16.6 Å². The maximum absolute atomic E-state index is 12.4. The maximum atomic E-state index is 12.4. The van der Waals surface area contributed by atoms with Gasteiger partial charge in [0.15, 0.2) is 0 Å². The first-order valence-corrected chi connectivity index (χ1v) is 7.75. The van der Waals surface area contributed by atoms with E-state index in [1.807, 2.05) is 13.8 Å². The van der Waals surface area contributed by atoms with Crippen LogP contribution in [0.5, 0.6) is 0 Å². The number of aromatic nitrogens is 1. The van der Waals surface area contributed by atoms with Crippen LogP contribution in [0.1, 0.15) is 32.5 Å². The van der Waals surface area contributed by atoms with Gasteiger partial charge in [0.2, 0.25) is 10.0 Å². The molecule has 0 amide bonds. The van der Waals surface area contributed by atoms with Crippen molar-refractivity contribution in [2.75, 3.05) is 13.1 Å². The number of sulfonamides is 1. The molecule has 1 aromatic heterocycles. The molecule has 1 aromatic rings. The molecular weight excluding hydrogens is 264 g/mol. The zero-order valence-corrected chi connectivity index (χ0v) is 12.5. The molecule has 0 unspecified atom stereocenters. The van der Waals surface area contributed by atoms with Crippen LogP contribution in [0.3, 0.4) is 0 Å². The molecule has 0 aliphatic rings. The molecule has 0 bridgehead atoms. The molecular formula is C13H22N2O3S. The predicted octanol–water partition coefficient (Wildman–Crippen LogP) is 1.76. The largest absolute Gasteiger partial charge is 0.390 e. The molecule has 0 aromatic carbocycles. The summed E-state index contributed by atoms with van der Waals surface area (Å²) in [6.07, 6.45) is 3.14. The first-order valence-electron chi connectivity index (χ1n) is 6.31. The normalized spacial score (nSPS) is 12.3. The molecule has 0 saturated heterocycles. The Morgan fingerprint density at radius 2 is 2.16 bits per heavy atom. The van der Waals surface area contributed by atoms with Gasteiger partial charge in [0, 0.05) is 31.0 Å². The van der Waals surface area contributed by atoms with Gasteiger partial charge in [-0.2, -0.15) is 4.31 Å². The van der Waals surface area contributed by atoms with Crippen LogP contribution in [0.25, 0.3) is 0 Å². The van der Waals surface area contributed by atoms with Crippen molar-refractivity contribution >= 4 is 10.0 Å². The van der Waals surface area contributed by atoms with E-state index in [0.29, 0.717) is 12.2 Å². The molecule has 6 heteroatoms. The van der Waals surface area contributed by atoms with E-state index in [2.05, 4.69) is 6.58 Å². The summed E-state index contributed by atoms with van der Waals surface area (Å²) in [4.78, 5) is 0.217. The highest BCUT2D eigenvalue weighted by Crippen LogP contribution is 2.22. The van der Waals surface area contributed by atoms with Gasteiger partial charge < -0.3 is 9.67 Å². The molecule has 0 aliphatic carbocycles. The van der Waals surface area contributed by atoms with E-state index in [9.17, 15) is 13.5 Å². The third kappa shape index (κ3) is 3.26. The SMILES string of the molecule is C=CCN(CC)S(=O)(=O)c1cc(CO)n(C(C)C)c1. The molecule has 1 N–H and O–H groups in total. The van der Waals surface area contributed by atoms with Gasteiger partial charge >= 0.3 is 0 Å². The standard InChI is InChI=1S/C13H22N2O3S/c1-5-7-14(6-2)19(17,18)13-8-12(10-16)15(9-13)11(3)4/h5,8-9,11,16H,1,6-7,10H2,2-4H3. The number of aliphatic hydroxyl groups is 1. The molecule has 108 valence electrons. The van der Waals surface area contributed by atoms with Crippen molar-refractivity contribution in [2.45, 2.75) is 38.3 Å². The minimum atomic E-state index is -3.53. The molecule has 0 aliphatic heterocycles. The molecule has 0 radical (unpaired) electrons. The lowest BCUT2D eigenvalue weighted by atomic mass is 10.3. The summed E-state index contributed by atoms with van der Waals surface area (Å²) in [7, 11) is -3.53. The third-order valence-corrected chi connectivity index (χ3v) is 4.85. The predicted molar refractivity (Wildman–Crippen MR) is 75.4 cm³/mol. The Bertz CT molecular complexity index is 532. The average molecular weight is 286 g/mol. The molecule has 1 rings (SSSR count). The van der Waals surface area contributed by atoms with E-state index in [4.69, 9.17) is 0 Å². The number of aliphatic hydroxyl groups excluding tert-OH is 1. The second-order valence-electron chi connectivity index (χ2n) is 4.57. The van der Waals surface area contributed by atoms with E-state index in [0.717, 1.165) is 0 Å². The van der Waals surface area contributed by atoms with Gasteiger partial charge in [-0.3, -0.25) is 0 Å². The first-order chi connectivity index (χ1) is 8.88. The zero-order valence-electron chi connectivity index (χ0n) is 11.7. The van der Waals surface area contributed by atoms with Crippen LogP contribution < -0.4 is 0 Å². The Morgan fingerprint density at radius 3 is 2.53 bits per heavy atom. The van der Waals surface area contributed by atoms with Crippen LogP contribution in [0.2, 0.25) is 0 Å². The summed E-state index contributed by atoms with van der Waals surface area (Å²) in [6, 6.07) is 1.63. The second-order valence-corrected chi connectivity index (χ2v) is 6.51. The topological polar surface area (TPSA) is 62.5 Å². The summed E-state index contributed by atoms with van der Waals surface area (Å²) in [5.74, 6) is 0. The fraction of sp³-hybridized carbons (Fsp3) is 0.538. The Hall–Kier alpha value is -1.11. The average Bonchev–Trinajstić information content (AvgIpc) is 2.80. The highest BCUT2D eigenvalue weighted by atomic mass is 32.2. The summed E-state index contributed by atoms with van der Waals surface area (Å²) < 4.78 is 28.0. The minimum absolute atomic E-state index is 0.0978. The van der Waals surface area contributed by atoms with Gasteiger partial charge in [-0.15, -0.1) is 6.58 Å². The maximum Gasteiger partial charge on any atom is 0.244 e. The fourth-order valence-corrected chi connectivity index (χ4v) is 3.41. The van der Waals surface area contributed by atoms with Crippen molar-refractivity contribution in [1.82, 2.24) is 8.87 Å². The number of hydrogen-bond donors (Lipinski definition) is 1. The minimum Gasteiger partial charge on any atom is -0.390 e. The van der Waals surface area contributed by atoms with E-state index in [1.165, 1.54) is 10.4 Å². The molecule has 1 heterocycles. The lowest BCUT2D eigenvalue weighted by molar-refractivity contribution is 0.268. The second kappa shape index (κ2) is 6.36. The van der Waals surface area contributed by atoms with Crippen LogP contribution in [-0.4, -0.2) is 35.5 Å². The van der Waals surface area contributed by atoms with E-state index in [1.54, 1.807) is 23.8 Å². The highest BCUT2D eigenvalue weighted by Gasteiger charge is 2.24. The Balaban J connectivity index is 3.25. The number of hydrogen-bond acceptors (Lipinski definition) is 3. The molecule has 0 saturated carbocycles. The quantitative estimate of drug-likeness (QED) is 0.777. The smallest absolute Gasteiger partial charge is 0.244 e. The van der Waals surface area contributed by atoms with Crippen molar-refractivity contribution in [3.05, 3.63) is 30.6 Å². The van der Waals surface area contributed by atoms with E-state index >= 15 is 0 Å². The van der Waals surface area contributed by atoms with Crippen LogP contribution in [0.4, 0.5) is 0 Å². The third-order valence-electron chi connectivity index (χ3n) is 2.95. The summed E-state index contributed by atoms with van der Waals surface area (Å²) in [5, 5.41) is 9.30. The van der Waals surface area contributed by atoms with E-state index in [-0.39, 0.29) is 24.1 Å². The monoisotopic (exact) mass is 286 g/mol. The molecule has 19 heavy (non-hydrogen) atoms.